The highest BCUT2D eigenvalue weighted by atomic mass is 15.0. The Bertz CT molecular complexity index is 207. The van der Waals surface area contributed by atoms with E-state index in [0.29, 0.717) is 12.4 Å². The number of rotatable bonds is 0. The number of nitrogens with one attached hydrogen (secondary N) is 1. The van der Waals surface area contributed by atoms with Crippen LogP contribution in [0, 0.1) is 11.3 Å². The lowest BCUT2D eigenvalue weighted by Gasteiger charge is -2.06. The van der Waals surface area contributed by atoms with Gasteiger partial charge >= 0.3 is 0 Å². The van der Waals surface area contributed by atoms with E-state index in [1.165, 1.54) is 0 Å². The molecular formula is C6H7N3. The van der Waals surface area contributed by atoms with Crippen molar-refractivity contribution in [2.24, 2.45) is 4.99 Å². The van der Waals surface area contributed by atoms with Crippen LogP contribution in [0.25, 0.3) is 0 Å². The smallest absolute Gasteiger partial charge is 0.138 e. The summed E-state index contributed by atoms with van der Waals surface area (Å²) in [7, 11) is 0. The molecule has 0 radical (unpaired) electrons. The van der Waals surface area contributed by atoms with Gasteiger partial charge in [0.15, 0.2) is 0 Å². The molecule has 0 aromatic carbocycles. The Hall–Kier alpha value is -1.30. The molecule has 3 nitrogen and oxygen atoms in total. The standard InChI is InChI=1S/C6H7N3/c1-5-2-6(3-7)9-4-8-5/h2,8H,4H2,1H3. The lowest BCUT2D eigenvalue weighted by atomic mass is 10.3. The van der Waals surface area contributed by atoms with Crippen molar-refractivity contribution in [1.82, 2.24) is 5.32 Å². The summed E-state index contributed by atoms with van der Waals surface area (Å²) < 4.78 is 0. The molecule has 0 aliphatic carbocycles. The van der Waals surface area contributed by atoms with Crippen LogP contribution in [-0.2, 0) is 0 Å². The van der Waals surface area contributed by atoms with Gasteiger partial charge in [0.2, 0.25) is 0 Å². The predicted molar refractivity (Wildman–Crippen MR) is 34.8 cm³/mol. The van der Waals surface area contributed by atoms with Crippen LogP contribution in [0.2, 0.25) is 0 Å². The second-order valence-electron chi connectivity index (χ2n) is 1.82. The van der Waals surface area contributed by atoms with Gasteiger partial charge in [-0.1, -0.05) is 0 Å². The van der Waals surface area contributed by atoms with Crippen molar-refractivity contribution in [2.75, 3.05) is 6.67 Å². The van der Waals surface area contributed by atoms with Gasteiger partial charge in [0, 0.05) is 5.70 Å². The van der Waals surface area contributed by atoms with Crippen molar-refractivity contribution in [2.45, 2.75) is 6.92 Å². The number of hydrogen-bond acceptors (Lipinski definition) is 3. The Balaban J connectivity index is 2.78. The number of allylic oxidation sites excluding steroid dienone is 2. The number of aliphatic imine (C=N–C) groups is 1. The van der Waals surface area contributed by atoms with Gasteiger partial charge in [-0.05, 0) is 13.0 Å². The molecule has 3 heteroatoms. The molecule has 0 aromatic heterocycles. The molecule has 9 heavy (non-hydrogen) atoms. The van der Waals surface area contributed by atoms with Gasteiger partial charge in [-0.15, -0.1) is 0 Å². The second kappa shape index (κ2) is 2.31. The van der Waals surface area contributed by atoms with Gasteiger partial charge in [0.05, 0.1) is 0 Å². The zero-order valence-corrected chi connectivity index (χ0v) is 5.18. The minimum Gasteiger partial charge on any atom is -0.370 e. The minimum absolute atomic E-state index is 0.506. The zero-order valence-electron chi connectivity index (χ0n) is 5.18. The maximum atomic E-state index is 8.36. The first-order chi connectivity index (χ1) is 4.33. The molecule has 0 bridgehead atoms. The van der Waals surface area contributed by atoms with Crippen LogP contribution < -0.4 is 5.32 Å². The fourth-order valence-electron chi connectivity index (χ4n) is 0.619. The molecule has 1 aliphatic rings. The van der Waals surface area contributed by atoms with Crippen LogP contribution >= 0.6 is 0 Å². The topological polar surface area (TPSA) is 48.2 Å². The molecule has 0 amide bonds. The van der Waals surface area contributed by atoms with Crippen LogP contribution in [-0.4, -0.2) is 12.4 Å². The highest BCUT2D eigenvalue weighted by molar-refractivity contribution is 6.07. The van der Waals surface area contributed by atoms with Crippen molar-refractivity contribution < 1.29 is 0 Å². The van der Waals surface area contributed by atoms with Crippen LogP contribution in [0.1, 0.15) is 6.92 Å². The molecule has 0 atom stereocenters. The van der Waals surface area contributed by atoms with Gasteiger partial charge in [0.1, 0.15) is 18.4 Å². The van der Waals surface area contributed by atoms with Gasteiger partial charge in [-0.3, -0.25) is 4.99 Å². The highest BCUT2D eigenvalue weighted by Gasteiger charge is 1.98. The van der Waals surface area contributed by atoms with E-state index in [-0.39, 0.29) is 0 Å². The van der Waals surface area contributed by atoms with Crippen LogP contribution in [0.15, 0.2) is 16.8 Å². The lowest BCUT2D eigenvalue weighted by molar-refractivity contribution is 0.818. The third-order valence-electron chi connectivity index (χ3n) is 1.08. The van der Waals surface area contributed by atoms with Crippen molar-refractivity contribution in [3.05, 3.63) is 11.8 Å². The van der Waals surface area contributed by atoms with E-state index in [1.54, 1.807) is 6.08 Å². The third kappa shape index (κ3) is 1.29. The molecule has 1 rings (SSSR count). The van der Waals surface area contributed by atoms with E-state index < -0.39 is 0 Å². The van der Waals surface area contributed by atoms with E-state index in [0.717, 1.165) is 5.70 Å². The van der Waals surface area contributed by atoms with E-state index in [9.17, 15) is 0 Å². The molecule has 0 aromatic rings. The van der Waals surface area contributed by atoms with Gasteiger partial charge in [-0.2, -0.15) is 5.26 Å². The molecule has 0 spiro atoms. The van der Waals surface area contributed by atoms with E-state index in [4.69, 9.17) is 5.26 Å². The van der Waals surface area contributed by atoms with Gasteiger partial charge < -0.3 is 5.32 Å². The van der Waals surface area contributed by atoms with Gasteiger partial charge in [-0.25, -0.2) is 0 Å². The summed E-state index contributed by atoms with van der Waals surface area (Å²) in [6.07, 6.45) is 1.73. The molecular weight excluding hydrogens is 114 g/mol. The average molecular weight is 121 g/mol. The molecule has 0 fully saturated rings. The van der Waals surface area contributed by atoms with Crippen LogP contribution in [0.5, 0.6) is 0 Å². The van der Waals surface area contributed by atoms with Crippen molar-refractivity contribution in [3.63, 3.8) is 0 Å². The van der Waals surface area contributed by atoms with E-state index >= 15 is 0 Å². The first kappa shape index (κ1) is 5.83. The monoisotopic (exact) mass is 121 g/mol. The Morgan fingerprint density at radius 2 is 2.67 bits per heavy atom. The van der Waals surface area contributed by atoms with Crippen LogP contribution in [0.4, 0.5) is 0 Å². The maximum absolute atomic E-state index is 8.36. The largest absolute Gasteiger partial charge is 0.370 e. The molecule has 1 heterocycles. The molecule has 1 aliphatic heterocycles. The molecule has 0 unspecified atom stereocenters. The summed E-state index contributed by atoms with van der Waals surface area (Å²) >= 11 is 0. The average Bonchev–Trinajstić information content (AvgIpc) is 1.88. The Morgan fingerprint density at radius 1 is 1.89 bits per heavy atom. The molecule has 0 saturated carbocycles. The van der Waals surface area contributed by atoms with Crippen molar-refractivity contribution in [1.29, 1.82) is 5.26 Å². The first-order valence-corrected chi connectivity index (χ1v) is 2.69. The second-order valence-corrected chi connectivity index (χ2v) is 1.82. The number of hydrogen-bond donors (Lipinski definition) is 1. The maximum Gasteiger partial charge on any atom is 0.138 e. The lowest BCUT2D eigenvalue weighted by Crippen LogP contribution is -2.17. The Labute approximate surface area is 53.7 Å². The quantitative estimate of drug-likeness (QED) is 0.504. The van der Waals surface area contributed by atoms with Gasteiger partial charge in [0.25, 0.3) is 0 Å². The van der Waals surface area contributed by atoms with E-state index in [1.807, 2.05) is 13.0 Å². The van der Waals surface area contributed by atoms with Crippen LogP contribution in [0.3, 0.4) is 0 Å². The molecule has 0 saturated heterocycles. The molecule has 1 N–H and O–H groups in total. The predicted octanol–water partition coefficient (Wildman–Crippen LogP) is 0.415. The van der Waals surface area contributed by atoms with E-state index in [2.05, 4.69) is 10.3 Å². The van der Waals surface area contributed by atoms with Crippen molar-refractivity contribution >= 4 is 5.71 Å². The minimum atomic E-state index is 0.506. The van der Waals surface area contributed by atoms with Crippen molar-refractivity contribution in [3.8, 4) is 6.07 Å². The summed E-state index contributed by atoms with van der Waals surface area (Å²) in [5, 5.41) is 11.3. The Morgan fingerprint density at radius 3 is 3.11 bits per heavy atom. The number of nitriles is 1. The Kier molecular flexibility index (Phi) is 1.50. The SMILES string of the molecule is CC1=CC(C#N)=NCN1. The highest BCUT2D eigenvalue weighted by Crippen LogP contribution is 1.93. The molecule has 46 valence electrons. The third-order valence-corrected chi connectivity index (χ3v) is 1.08. The first-order valence-electron chi connectivity index (χ1n) is 2.69. The zero-order chi connectivity index (χ0) is 6.69. The summed E-state index contributed by atoms with van der Waals surface area (Å²) in [6.45, 7) is 2.44. The summed E-state index contributed by atoms with van der Waals surface area (Å²) in [5.41, 5.74) is 1.51. The summed E-state index contributed by atoms with van der Waals surface area (Å²) in [4.78, 5) is 3.87. The number of nitrogens with zero attached hydrogens (tertiary/aromatic N) is 2. The fraction of sp³-hybridized carbons (Fsp3) is 0.333. The fourth-order valence-corrected chi connectivity index (χ4v) is 0.619. The normalized spacial score (nSPS) is 16.9. The summed E-state index contributed by atoms with van der Waals surface area (Å²) in [5.74, 6) is 0. The summed E-state index contributed by atoms with van der Waals surface area (Å²) in [6, 6.07) is 1.97.